The average Bonchev–Trinajstić information content (AvgIpc) is 3.41. The number of halogens is 1. The van der Waals surface area contributed by atoms with Gasteiger partial charge in [0.1, 0.15) is 5.54 Å². The molecule has 0 bridgehead atoms. The van der Waals surface area contributed by atoms with E-state index in [0.717, 1.165) is 12.1 Å². The molecule has 1 aliphatic rings. The Hall–Kier alpha value is -2.91. The van der Waals surface area contributed by atoms with Crippen molar-refractivity contribution in [3.8, 4) is 0 Å². The first-order valence-corrected chi connectivity index (χ1v) is 11.2. The van der Waals surface area contributed by atoms with Crippen LogP contribution in [0.3, 0.4) is 0 Å². The molecule has 0 aliphatic heterocycles. The molecule has 1 saturated carbocycles. The Balaban J connectivity index is 1.74. The third-order valence-electron chi connectivity index (χ3n) is 6.10. The van der Waals surface area contributed by atoms with E-state index in [0.29, 0.717) is 11.8 Å². The lowest BCUT2D eigenvalue weighted by molar-refractivity contribution is 0.514. The number of benzene rings is 3. The Morgan fingerprint density at radius 2 is 1.30 bits per heavy atom. The first-order chi connectivity index (χ1) is 14.8. The molecule has 1 aliphatic carbocycles. The molecular weight excluding hydrogens is 432 g/mol. The van der Waals surface area contributed by atoms with Gasteiger partial charge in [0.05, 0.1) is 12.0 Å². The maximum absolute atomic E-state index is 4.87. The summed E-state index contributed by atoms with van der Waals surface area (Å²) in [4.78, 5) is 6.84. The van der Waals surface area contributed by atoms with Gasteiger partial charge in [0.15, 0.2) is 0 Å². The summed E-state index contributed by atoms with van der Waals surface area (Å²) >= 11 is 3.41. The molecule has 2 atom stereocenters. The van der Waals surface area contributed by atoms with Gasteiger partial charge in [0, 0.05) is 12.1 Å². The van der Waals surface area contributed by atoms with Crippen LogP contribution in [-0.4, -0.2) is 9.55 Å². The molecule has 0 spiro atoms. The van der Waals surface area contributed by atoms with Crippen LogP contribution in [0.1, 0.15) is 34.7 Å². The minimum Gasteiger partial charge on any atom is -0.319 e. The lowest BCUT2D eigenvalue weighted by Crippen LogP contribution is -2.36. The number of rotatable bonds is 6. The van der Waals surface area contributed by atoms with Crippen molar-refractivity contribution in [2.75, 3.05) is 0 Å². The van der Waals surface area contributed by atoms with Crippen molar-refractivity contribution in [2.24, 2.45) is 5.92 Å². The van der Waals surface area contributed by atoms with E-state index >= 15 is 0 Å². The summed E-state index contributed by atoms with van der Waals surface area (Å²) in [6, 6.07) is 32.2. The van der Waals surface area contributed by atoms with Gasteiger partial charge in [-0.2, -0.15) is 0 Å². The predicted octanol–water partition coefficient (Wildman–Crippen LogP) is 6.74. The molecule has 1 fully saturated rings. The Bertz CT molecular complexity index is 1040. The van der Waals surface area contributed by atoms with Gasteiger partial charge < -0.3 is 4.57 Å². The van der Waals surface area contributed by atoms with Crippen molar-refractivity contribution in [3.05, 3.63) is 137 Å². The zero-order valence-electron chi connectivity index (χ0n) is 16.6. The van der Waals surface area contributed by atoms with E-state index in [4.69, 9.17) is 4.98 Å². The average molecular weight is 455 g/mol. The van der Waals surface area contributed by atoms with Crippen LogP contribution < -0.4 is 0 Å². The fourth-order valence-corrected chi connectivity index (χ4v) is 4.95. The quantitative estimate of drug-likeness (QED) is 0.295. The highest BCUT2D eigenvalue weighted by atomic mass is 79.9. The maximum atomic E-state index is 4.87. The topological polar surface area (TPSA) is 17.8 Å². The number of aromatic nitrogens is 2. The van der Waals surface area contributed by atoms with E-state index in [1.807, 2.05) is 11.3 Å². The van der Waals surface area contributed by atoms with E-state index in [1.54, 1.807) is 0 Å². The highest BCUT2D eigenvalue weighted by molar-refractivity contribution is 9.11. The van der Waals surface area contributed by atoms with E-state index in [1.165, 1.54) is 16.7 Å². The van der Waals surface area contributed by atoms with Crippen molar-refractivity contribution in [3.63, 3.8) is 0 Å². The molecule has 1 heterocycles. The third-order valence-corrected chi connectivity index (χ3v) is 6.41. The lowest BCUT2D eigenvalue weighted by Gasteiger charge is -2.37. The Morgan fingerprint density at radius 3 is 1.77 bits per heavy atom. The van der Waals surface area contributed by atoms with Crippen molar-refractivity contribution < 1.29 is 0 Å². The predicted molar refractivity (Wildman–Crippen MR) is 126 cm³/mol. The van der Waals surface area contributed by atoms with Crippen LogP contribution in [-0.2, 0) is 5.54 Å². The van der Waals surface area contributed by atoms with E-state index in [-0.39, 0.29) is 0 Å². The smallest absolute Gasteiger partial charge is 0.121 e. The number of hydrogen-bond donors (Lipinski definition) is 0. The first-order valence-electron chi connectivity index (χ1n) is 10.3. The highest BCUT2D eigenvalue weighted by Gasteiger charge is 2.41. The van der Waals surface area contributed by atoms with Crippen molar-refractivity contribution in [1.29, 1.82) is 0 Å². The maximum Gasteiger partial charge on any atom is 0.121 e. The van der Waals surface area contributed by atoms with Crippen molar-refractivity contribution in [1.82, 2.24) is 9.55 Å². The standard InChI is InChI=1S/C27H23BrN2/c28-17-16-21-18-25(21)26-19-30(20-29-26)27(22-10-4-1-5-11-22,23-12-6-2-7-13-23)24-14-8-3-9-15-24/h1-17,19-21,25H,18H2. The molecule has 3 aromatic carbocycles. The fraction of sp³-hybridized carbons (Fsp3) is 0.148. The summed E-state index contributed by atoms with van der Waals surface area (Å²) < 4.78 is 2.30. The third kappa shape index (κ3) is 3.23. The Morgan fingerprint density at radius 1 is 0.800 bits per heavy atom. The van der Waals surface area contributed by atoms with Gasteiger partial charge in [-0.25, -0.2) is 4.98 Å². The van der Waals surface area contributed by atoms with Crippen molar-refractivity contribution in [2.45, 2.75) is 17.9 Å². The molecule has 30 heavy (non-hydrogen) atoms. The number of nitrogens with zero attached hydrogens (tertiary/aromatic N) is 2. The zero-order valence-corrected chi connectivity index (χ0v) is 18.2. The zero-order chi connectivity index (χ0) is 20.4. The van der Waals surface area contributed by atoms with Gasteiger partial charge in [0.2, 0.25) is 0 Å². The SMILES string of the molecule is BrC=CC1CC1c1cn(C(c2ccccc2)(c2ccccc2)c2ccccc2)cn1. The van der Waals surface area contributed by atoms with E-state index in [2.05, 4.69) is 124 Å². The van der Waals surface area contributed by atoms with Gasteiger partial charge in [-0.3, -0.25) is 0 Å². The molecule has 1 aromatic heterocycles. The fourth-order valence-electron chi connectivity index (χ4n) is 4.56. The van der Waals surface area contributed by atoms with Crippen LogP contribution in [0.15, 0.2) is 115 Å². The van der Waals surface area contributed by atoms with Crippen LogP contribution in [0, 0.1) is 5.92 Å². The van der Waals surface area contributed by atoms with E-state index in [9.17, 15) is 0 Å². The van der Waals surface area contributed by atoms with Gasteiger partial charge in [-0.1, -0.05) is 113 Å². The van der Waals surface area contributed by atoms with Crippen LogP contribution >= 0.6 is 15.9 Å². The molecule has 0 N–H and O–H groups in total. The summed E-state index contributed by atoms with van der Waals surface area (Å²) in [5, 5.41) is 0. The molecule has 0 radical (unpaired) electrons. The number of hydrogen-bond acceptors (Lipinski definition) is 1. The van der Waals surface area contributed by atoms with Gasteiger partial charge in [-0.15, -0.1) is 0 Å². The van der Waals surface area contributed by atoms with Gasteiger partial charge in [0.25, 0.3) is 0 Å². The monoisotopic (exact) mass is 454 g/mol. The summed E-state index contributed by atoms with van der Waals surface area (Å²) in [5.41, 5.74) is 4.35. The van der Waals surface area contributed by atoms with Gasteiger partial charge >= 0.3 is 0 Å². The Labute approximate surface area is 186 Å². The molecule has 2 nitrogen and oxygen atoms in total. The number of allylic oxidation sites excluding steroid dienone is 1. The van der Waals surface area contributed by atoms with Crippen molar-refractivity contribution >= 4 is 15.9 Å². The summed E-state index contributed by atoms with van der Waals surface area (Å²) in [6.07, 6.45) is 7.64. The molecule has 3 heteroatoms. The molecule has 5 rings (SSSR count). The molecule has 0 amide bonds. The van der Waals surface area contributed by atoms with Gasteiger partial charge in [-0.05, 0) is 34.0 Å². The second-order valence-corrected chi connectivity index (χ2v) is 8.37. The largest absolute Gasteiger partial charge is 0.319 e. The highest BCUT2D eigenvalue weighted by Crippen LogP contribution is 2.49. The molecular formula is C27H23BrN2. The molecule has 4 aromatic rings. The summed E-state index contributed by atoms with van der Waals surface area (Å²) in [7, 11) is 0. The second-order valence-electron chi connectivity index (χ2n) is 7.84. The minimum atomic E-state index is -0.481. The number of imidazole rings is 1. The minimum absolute atomic E-state index is 0.481. The molecule has 2 unspecified atom stereocenters. The molecule has 148 valence electrons. The first kappa shape index (κ1) is 19.1. The van der Waals surface area contributed by atoms with Crippen LogP contribution in [0.2, 0.25) is 0 Å². The summed E-state index contributed by atoms with van der Waals surface area (Å²) in [5.74, 6) is 1.08. The Kier molecular flexibility index (Phi) is 5.14. The second kappa shape index (κ2) is 8.08. The lowest BCUT2D eigenvalue weighted by atomic mass is 9.77. The molecule has 0 saturated heterocycles. The van der Waals surface area contributed by atoms with Crippen LogP contribution in [0.25, 0.3) is 0 Å². The van der Waals surface area contributed by atoms with E-state index < -0.39 is 5.54 Å². The summed E-state index contributed by atoms with van der Waals surface area (Å²) in [6.45, 7) is 0. The van der Waals surface area contributed by atoms with Crippen LogP contribution in [0.5, 0.6) is 0 Å². The normalized spacial score (nSPS) is 18.6. The van der Waals surface area contributed by atoms with Crippen LogP contribution in [0.4, 0.5) is 0 Å².